The fourth-order valence-corrected chi connectivity index (χ4v) is 3.68. The maximum atomic E-state index is 3.48. The minimum absolute atomic E-state index is 0.648. The molecule has 2 unspecified atom stereocenters. The maximum Gasteiger partial charge on any atom is 0.0201 e. The van der Waals surface area contributed by atoms with Gasteiger partial charge >= 0.3 is 0 Å². The zero-order valence-corrected chi connectivity index (χ0v) is 13.0. The van der Waals surface area contributed by atoms with E-state index in [1.807, 2.05) is 0 Å². The Morgan fingerprint density at radius 3 is 2.61 bits per heavy atom. The Bertz CT molecular complexity index is 338. The summed E-state index contributed by atoms with van der Waals surface area (Å²) in [7, 11) is 2.09. The lowest BCUT2D eigenvalue weighted by molar-refractivity contribution is 0.490. The molecule has 1 rings (SSSR count). The molecule has 1 aromatic rings. The van der Waals surface area contributed by atoms with E-state index in [0.29, 0.717) is 6.04 Å². The van der Waals surface area contributed by atoms with E-state index in [-0.39, 0.29) is 0 Å². The molecule has 2 atom stereocenters. The first-order valence-corrected chi connectivity index (χ1v) is 8.10. The van der Waals surface area contributed by atoms with Crippen molar-refractivity contribution in [3.05, 3.63) is 35.4 Å². The largest absolute Gasteiger partial charge is 0.316 e. The highest BCUT2D eigenvalue weighted by Crippen LogP contribution is 2.25. The average molecular weight is 265 g/mol. The van der Waals surface area contributed by atoms with Crippen LogP contribution in [0.25, 0.3) is 0 Å². The van der Waals surface area contributed by atoms with Crippen molar-refractivity contribution in [1.29, 1.82) is 0 Å². The van der Waals surface area contributed by atoms with Gasteiger partial charge in [0.15, 0.2) is 0 Å². The van der Waals surface area contributed by atoms with Gasteiger partial charge in [0.05, 0.1) is 0 Å². The van der Waals surface area contributed by atoms with Crippen molar-refractivity contribution in [3.8, 4) is 0 Å². The first-order valence-electron chi connectivity index (χ1n) is 7.05. The van der Waals surface area contributed by atoms with Crippen LogP contribution in [-0.4, -0.2) is 18.3 Å². The standard InChI is InChI=1S/C16H27NS/c1-5-8-15(17-4)16(6-2)18-12-14-10-7-9-13(3)11-14/h7,9-11,15-17H,5-6,8,12H2,1-4H3. The number of hydrogen-bond acceptors (Lipinski definition) is 2. The Hall–Kier alpha value is -0.470. The predicted molar refractivity (Wildman–Crippen MR) is 84.3 cm³/mol. The second kappa shape index (κ2) is 8.60. The highest BCUT2D eigenvalue weighted by molar-refractivity contribution is 7.99. The van der Waals surface area contributed by atoms with Gasteiger partial charge in [0.2, 0.25) is 0 Å². The summed E-state index contributed by atoms with van der Waals surface area (Å²) in [6, 6.07) is 9.51. The topological polar surface area (TPSA) is 12.0 Å². The normalized spacial score (nSPS) is 14.4. The van der Waals surface area contributed by atoms with Gasteiger partial charge in [-0.3, -0.25) is 0 Å². The lowest BCUT2D eigenvalue weighted by Crippen LogP contribution is -2.35. The predicted octanol–water partition coefficient (Wildman–Crippen LogP) is 4.39. The van der Waals surface area contributed by atoms with Crippen LogP contribution in [0.4, 0.5) is 0 Å². The molecule has 0 spiro atoms. The molecule has 0 aliphatic heterocycles. The minimum atomic E-state index is 0.648. The van der Waals surface area contributed by atoms with Crippen LogP contribution in [0.1, 0.15) is 44.2 Å². The molecule has 0 radical (unpaired) electrons. The van der Waals surface area contributed by atoms with Crippen LogP contribution < -0.4 is 5.32 Å². The molecule has 1 N–H and O–H groups in total. The van der Waals surface area contributed by atoms with E-state index >= 15 is 0 Å². The molecule has 0 aliphatic rings. The summed E-state index contributed by atoms with van der Waals surface area (Å²) in [4.78, 5) is 0. The number of benzene rings is 1. The Morgan fingerprint density at radius 1 is 1.28 bits per heavy atom. The van der Waals surface area contributed by atoms with Crippen LogP contribution in [-0.2, 0) is 5.75 Å². The first-order chi connectivity index (χ1) is 8.71. The summed E-state index contributed by atoms with van der Waals surface area (Å²) < 4.78 is 0. The summed E-state index contributed by atoms with van der Waals surface area (Å²) in [5, 5.41) is 4.20. The molecule has 18 heavy (non-hydrogen) atoms. The van der Waals surface area contributed by atoms with Gasteiger partial charge in [-0.25, -0.2) is 0 Å². The molecule has 102 valence electrons. The fourth-order valence-electron chi connectivity index (χ4n) is 2.35. The Balaban J connectivity index is 2.53. The lowest BCUT2D eigenvalue weighted by atomic mass is 10.1. The number of thioether (sulfide) groups is 1. The van der Waals surface area contributed by atoms with Crippen molar-refractivity contribution in [3.63, 3.8) is 0 Å². The van der Waals surface area contributed by atoms with Gasteiger partial charge in [-0.05, 0) is 32.4 Å². The highest BCUT2D eigenvalue weighted by atomic mass is 32.2. The maximum absolute atomic E-state index is 3.48. The van der Waals surface area contributed by atoms with Gasteiger partial charge in [0.25, 0.3) is 0 Å². The third-order valence-electron chi connectivity index (χ3n) is 3.37. The van der Waals surface area contributed by atoms with Crippen molar-refractivity contribution in [2.75, 3.05) is 7.05 Å². The molecule has 0 heterocycles. The van der Waals surface area contributed by atoms with Gasteiger partial charge in [-0.1, -0.05) is 50.1 Å². The van der Waals surface area contributed by atoms with Gasteiger partial charge in [-0.2, -0.15) is 11.8 Å². The van der Waals surface area contributed by atoms with Crippen molar-refractivity contribution in [2.24, 2.45) is 0 Å². The number of rotatable bonds is 8. The summed E-state index contributed by atoms with van der Waals surface area (Å²) in [5.41, 5.74) is 2.81. The van der Waals surface area contributed by atoms with E-state index in [1.165, 1.54) is 30.4 Å². The molecular weight excluding hydrogens is 238 g/mol. The monoisotopic (exact) mass is 265 g/mol. The van der Waals surface area contributed by atoms with Crippen LogP contribution in [0, 0.1) is 6.92 Å². The van der Waals surface area contributed by atoms with E-state index in [4.69, 9.17) is 0 Å². The molecule has 0 fully saturated rings. The van der Waals surface area contributed by atoms with Crippen LogP contribution >= 0.6 is 11.8 Å². The third kappa shape index (κ3) is 5.03. The van der Waals surface area contributed by atoms with Crippen LogP contribution in [0.3, 0.4) is 0 Å². The number of aryl methyl sites for hydroxylation is 1. The van der Waals surface area contributed by atoms with E-state index in [1.54, 1.807) is 0 Å². The van der Waals surface area contributed by atoms with Crippen LogP contribution in [0.15, 0.2) is 24.3 Å². The Kier molecular flexibility index (Phi) is 7.45. The summed E-state index contributed by atoms with van der Waals surface area (Å²) in [5.74, 6) is 1.13. The van der Waals surface area contributed by atoms with E-state index in [9.17, 15) is 0 Å². The van der Waals surface area contributed by atoms with Gasteiger partial charge < -0.3 is 5.32 Å². The van der Waals surface area contributed by atoms with Crippen molar-refractivity contribution in [1.82, 2.24) is 5.32 Å². The SMILES string of the molecule is CCCC(NC)C(CC)SCc1cccc(C)c1. The Morgan fingerprint density at radius 2 is 2.06 bits per heavy atom. The van der Waals surface area contributed by atoms with Crippen molar-refractivity contribution in [2.45, 2.75) is 57.1 Å². The number of nitrogens with one attached hydrogen (secondary N) is 1. The zero-order valence-electron chi connectivity index (χ0n) is 12.2. The molecular formula is C16H27NS. The summed E-state index contributed by atoms with van der Waals surface area (Å²) in [6.07, 6.45) is 3.77. The molecule has 0 aromatic heterocycles. The Labute approximate surface area is 117 Å². The van der Waals surface area contributed by atoms with Crippen LogP contribution in [0.5, 0.6) is 0 Å². The minimum Gasteiger partial charge on any atom is -0.316 e. The molecule has 1 aromatic carbocycles. The van der Waals surface area contributed by atoms with Gasteiger partial charge in [0, 0.05) is 17.0 Å². The van der Waals surface area contributed by atoms with Crippen LogP contribution in [0.2, 0.25) is 0 Å². The number of hydrogen-bond donors (Lipinski definition) is 1. The van der Waals surface area contributed by atoms with Gasteiger partial charge in [0.1, 0.15) is 0 Å². The molecule has 0 saturated heterocycles. The molecule has 0 aliphatic carbocycles. The lowest BCUT2D eigenvalue weighted by Gasteiger charge is -2.25. The van der Waals surface area contributed by atoms with Crippen molar-refractivity contribution >= 4 is 11.8 Å². The molecule has 1 nitrogen and oxygen atoms in total. The smallest absolute Gasteiger partial charge is 0.0201 e. The molecule has 2 heteroatoms. The second-order valence-electron chi connectivity index (χ2n) is 4.93. The van der Waals surface area contributed by atoms with Gasteiger partial charge in [-0.15, -0.1) is 0 Å². The zero-order chi connectivity index (χ0) is 13.4. The molecule has 0 bridgehead atoms. The average Bonchev–Trinajstić information content (AvgIpc) is 2.38. The third-order valence-corrected chi connectivity index (χ3v) is 4.96. The quantitative estimate of drug-likeness (QED) is 0.748. The highest BCUT2D eigenvalue weighted by Gasteiger charge is 2.17. The molecule has 0 saturated carbocycles. The summed E-state index contributed by atoms with van der Waals surface area (Å²) >= 11 is 2.09. The second-order valence-corrected chi connectivity index (χ2v) is 6.16. The first kappa shape index (κ1) is 15.6. The fraction of sp³-hybridized carbons (Fsp3) is 0.625. The summed E-state index contributed by atoms with van der Waals surface area (Å²) in [6.45, 7) is 6.73. The van der Waals surface area contributed by atoms with E-state index in [0.717, 1.165) is 11.0 Å². The molecule has 0 amide bonds. The van der Waals surface area contributed by atoms with E-state index < -0.39 is 0 Å². The van der Waals surface area contributed by atoms with E-state index in [2.05, 4.69) is 69.2 Å². The van der Waals surface area contributed by atoms with Crippen molar-refractivity contribution < 1.29 is 0 Å².